The molecule has 0 spiro atoms. The first-order chi connectivity index (χ1) is 9.13. The van der Waals surface area contributed by atoms with Crippen LogP contribution in [0.1, 0.15) is 32.1 Å². The molecular formula is C13H22N2O4. The normalized spacial score (nSPS) is 25.4. The third kappa shape index (κ3) is 3.18. The van der Waals surface area contributed by atoms with Crippen molar-refractivity contribution in [2.24, 2.45) is 5.92 Å². The SMILES string of the molecule is O=C(O)C1CCCCN1C(=O)N1CCC(CO)CC1. The quantitative estimate of drug-likeness (QED) is 0.776. The summed E-state index contributed by atoms with van der Waals surface area (Å²) in [6.07, 6.45) is 3.89. The van der Waals surface area contributed by atoms with E-state index in [1.54, 1.807) is 4.90 Å². The number of carbonyl (C=O) groups excluding carboxylic acids is 1. The fourth-order valence-corrected chi connectivity index (χ4v) is 2.91. The molecule has 0 bridgehead atoms. The van der Waals surface area contributed by atoms with Crippen molar-refractivity contribution < 1.29 is 19.8 Å². The molecule has 0 aromatic carbocycles. The smallest absolute Gasteiger partial charge is 0.326 e. The highest BCUT2D eigenvalue weighted by atomic mass is 16.4. The fourth-order valence-electron chi connectivity index (χ4n) is 2.91. The molecule has 19 heavy (non-hydrogen) atoms. The van der Waals surface area contributed by atoms with Gasteiger partial charge in [-0.2, -0.15) is 0 Å². The summed E-state index contributed by atoms with van der Waals surface area (Å²) >= 11 is 0. The largest absolute Gasteiger partial charge is 0.480 e. The molecule has 0 aliphatic carbocycles. The van der Waals surface area contributed by atoms with Crippen molar-refractivity contribution in [3.05, 3.63) is 0 Å². The van der Waals surface area contributed by atoms with E-state index in [9.17, 15) is 14.7 Å². The average Bonchev–Trinajstić information content (AvgIpc) is 2.46. The molecular weight excluding hydrogens is 248 g/mol. The van der Waals surface area contributed by atoms with Gasteiger partial charge in [-0.15, -0.1) is 0 Å². The van der Waals surface area contributed by atoms with Crippen LogP contribution in [0.25, 0.3) is 0 Å². The molecule has 6 heteroatoms. The summed E-state index contributed by atoms with van der Waals surface area (Å²) in [7, 11) is 0. The van der Waals surface area contributed by atoms with E-state index in [-0.39, 0.29) is 18.6 Å². The van der Waals surface area contributed by atoms with Crippen LogP contribution in [0.2, 0.25) is 0 Å². The number of nitrogens with zero attached hydrogens (tertiary/aromatic N) is 2. The zero-order valence-electron chi connectivity index (χ0n) is 11.1. The molecule has 2 amide bonds. The van der Waals surface area contributed by atoms with Gasteiger partial charge >= 0.3 is 12.0 Å². The predicted molar refractivity (Wildman–Crippen MR) is 68.8 cm³/mol. The standard InChI is InChI=1S/C13H22N2O4/c16-9-10-4-7-14(8-5-10)13(19)15-6-2-1-3-11(15)12(17)18/h10-11,16H,1-9H2,(H,17,18). The van der Waals surface area contributed by atoms with Crippen LogP contribution >= 0.6 is 0 Å². The van der Waals surface area contributed by atoms with Gasteiger partial charge in [-0.05, 0) is 38.0 Å². The first-order valence-corrected chi connectivity index (χ1v) is 7.02. The van der Waals surface area contributed by atoms with E-state index in [1.807, 2.05) is 0 Å². The lowest BCUT2D eigenvalue weighted by molar-refractivity contribution is -0.143. The molecule has 1 atom stereocenters. The molecule has 2 heterocycles. The summed E-state index contributed by atoms with van der Waals surface area (Å²) in [5, 5.41) is 18.3. The molecule has 2 rings (SSSR count). The van der Waals surface area contributed by atoms with Crippen LogP contribution in [0.5, 0.6) is 0 Å². The highest BCUT2D eigenvalue weighted by Gasteiger charge is 2.35. The Balaban J connectivity index is 1.96. The van der Waals surface area contributed by atoms with E-state index >= 15 is 0 Å². The summed E-state index contributed by atoms with van der Waals surface area (Å²) < 4.78 is 0. The zero-order valence-corrected chi connectivity index (χ0v) is 11.1. The minimum Gasteiger partial charge on any atom is -0.480 e. The number of carboxylic acid groups (broad SMARTS) is 1. The maximum atomic E-state index is 12.4. The Hall–Kier alpha value is -1.30. The molecule has 1 unspecified atom stereocenters. The second-order valence-corrected chi connectivity index (χ2v) is 5.44. The Morgan fingerprint density at radius 1 is 1.05 bits per heavy atom. The minimum atomic E-state index is -0.904. The second-order valence-electron chi connectivity index (χ2n) is 5.44. The Morgan fingerprint density at radius 2 is 1.74 bits per heavy atom. The Kier molecular flexibility index (Phi) is 4.63. The number of aliphatic hydroxyl groups is 1. The van der Waals surface area contributed by atoms with Crippen molar-refractivity contribution in [3.63, 3.8) is 0 Å². The van der Waals surface area contributed by atoms with E-state index in [0.717, 1.165) is 25.7 Å². The molecule has 6 nitrogen and oxygen atoms in total. The van der Waals surface area contributed by atoms with Crippen molar-refractivity contribution in [1.29, 1.82) is 0 Å². The van der Waals surface area contributed by atoms with Crippen LogP contribution < -0.4 is 0 Å². The number of carboxylic acids is 1. The van der Waals surface area contributed by atoms with Crippen molar-refractivity contribution in [3.8, 4) is 0 Å². The topological polar surface area (TPSA) is 81.1 Å². The lowest BCUT2D eigenvalue weighted by Gasteiger charge is -2.39. The predicted octanol–water partition coefficient (Wildman–Crippen LogP) is 0.750. The number of urea groups is 1. The number of likely N-dealkylation sites (tertiary alicyclic amines) is 2. The first-order valence-electron chi connectivity index (χ1n) is 7.02. The maximum absolute atomic E-state index is 12.4. The lowest BCUT2D eigenvalue weighted by atomic mass is 9.97. The van der Waals surface area contributed by atoms with Gasteiger partial charge in [0.15, 0.2) is 0 Å². The second kappa shape index (κ2) is 6.23. The van der Waals surface area contributed by atoms with Gasteiger partial charge in [0, 0.05) is 26.2 Å². The number of hydrogen-bond acceptors (Lipinski definition) is 3. The lowest BCUT2D eigenvalue weighted by Crippen LogP contribution is -2.54. The third-order valence-electron chi connectivity index (χ3n) is 4.18. The third-order valence-corrected chi connectivity index (χ3v) is 4.18. The number of amides is 2. The molecule has 2 saturated heterocycles. The van der Waals surface area contributed by atoms with Gasteiger partial charge < -0.3 is 20.0 Å². The summed E-state index contributed by atoms with van der Waals surface area (Å²) in [6.45, 7) is 1.94. The molecule has 0 saturated carbocycles. The summed E-state index contributed by atoms with van der Waals surface area (Å²) in [5.74, 6) is -0.626. The van der Waals surface area contributed by atoms with Crippen LogP contribution in [-0.4, -0.2) is 64.3 Å². The molecule has 0 aromatic rings. The van der Waals surface area contributed by atoms with Crippen LogP contribution in [0.4, 0.5) is 4.79 Å². The van der Waals surface area contributed by atoms with E-state index in [0.29, 0.717) is 26.1 Å². The van der Waals surface area contributed by atoms with Crippen LogP contribution in [0.15, 0.2) is 0 Å². The Morgan fingerprint density at radius 3 is 2.32 bits per heavy atom. The van der Waals surface area contributed by atoms with Crippen LogP contribution in [0, 0.1) is 5.92 Å². The van der Waals surface area contributed by atoms with Gasteiger partial charge in [0.2, 0.25) is 0 Å². The van der Waals surface area contributed by atoms with Crippen molar-refractivity contribution in [1.82, 2.24) is 9.80 Å². The van der Waals surface area contributed by atoms with Gasteiger partial charge in [0.05, 0.1) is 0 Å². The number of aliphatic carboxylic acids is 1. The van der Waals surface area contributed by atoms with E-state index in [4.69, 9.17) is 5.11 Å². The number of carbonyl (C=O) groups is 2. The molecule has 2 N–H and O–H groups in total. The molecule has 108 valence electrons. The van der Waals surface area contributed by atoms with Gasteiger partial charge in [-0.25, -0.2) is 9.59 Å². The Bertz CT molecular complexity index is 340. The number of rotatable bonds is 2. The van der Waals surface area contributed by atoms with Crippen molar-refractivity contribution in [2.45, 2.75) is 38.1 Å². The first kappa shape index (κ1) is 14.1. The van der Waals surface area contributed by atoms with Crippen LogP contribution in [0.3, 0.4) is 0 Å². The van der Waals surface area contributed by atoms with Gasteiger partial charge in [-0.3, -0.25) is 0 Å². The number of hydrogen-bond donors (Lipinski definition) is 2. The molecule has 0 radical (unpaired) electrons. The maximum Gasteiger partial charge on any atom is 0.326 e. The zero-order chi connectivity index (χ0) is 13.8. The molecule has 2 aliphatic heterocycles. The minimum absolute atomic E-state index is 0.150. The average molecular weight is 270 g/mol. The van der Waals surface area contributed by atoms with E-state index in [2.05, 4.69) is 0 Å². The van der Waals surface area contributed by atoms with Crippen LogP contribution in [-0.2, 0) is 4.79 Å². The summed E-state index contributed by atoms with van der Waals surface area (Å²) in [4.78, 5) is 26.8. The molecule has 0 aromatic heterocycles. The fraction of sp³-hybridized carbons (Fsp3) is 0.846. The van der Waals surface area contributed by atoms with E-state index < -0.39 is 12.0 Å². The summed E-state index contributed by atoms with van der Waals surface area (Å²) in [5.41, 5.74) is 0. The summed E-state index contributed by atoms with van der Waals surface area (Å²) in [6, 6.07) is -0.819. The molecule has 2 aliphatic rings. The van der Waals surface area contributed by atoms with Crippen molar-refractivity contribution >= 4 is 12.0 Å². The van der Waals surface area contributed by atoms with Crippen molar-refractivity contribution in [2.75, 3.05) is 26.2 Å². The Labute approximate surface area is 113 Å². The number of aliphatic hydroxyl groups excluding tert-OH is 1. The molecule has 2 fully saturated rings. The highest BCUT2D eigenvalue weighted by molar-refractivity contribution is 5.83. The van der Waals surface area contributed by atoms with E-state index in [1.165, 1.54) is 4.90 Å². The highest BCUT2D eigenvalue weighted by Crippen LogP contribution is 2.22. The van der Waals surface area contributed by atoms with Gasteiger partial charge in [-0.1, -0.05) is 0 Å². The van der Waals surface area contributed by atoms with Gasteiger partial charge in [0.1, 0.15) is 6.04 Å². The monoisotopic (exact) mass is 270 g/mol. The van der Waals surface area contributed by atoms with Gasteiger partial charge in [0.25, 0.3) is 0 Å². The number of piperidine rings is 2.